The van der Waals surface area contributed by atoms with E-state index in [1.807, 2.05) is 13.0 Å². The van der Waals surface area contributed by atoms with E-state index >= 15 is 0 Å². The lowest BCUT2D eigenvalue weighted by Crippen LogP contribution is -2.23. The van der Waals surface area contributed by atoms with Crippen LogP contribution in [0.15, 0.2) is 12.3 Å². The van der Waals surface area contributed by atoms with E-state index in [4.69, 9.17) is 0 Å². The third kappa shape index (κ3) is 2.10. The first-order valence-corrected chi connectivity index (χ1v) is 4.89. The van der Waals surface area contributed by atoms with Crippen molar-refractivity contribution in [2.24, 2.45) is 0 Å². The average molecular weight is 192 g/mol. The Morgan fingerprint density at radius 3 is 2.50 bits per heavy atom. The van der Waals surface area contributed by atoms with Gasteiger partial charge in [-0.3, -0.25) is 4.79 Å². The van der Waals surface area contributed by atoms with Crippen molar-refractivity contribution in [3.8, 4) is 0 Å². The molecule has 0 aromatic carbocycles. The summed E-state index contributed by atoms with van der Waals surface area (Å²) in [6.07, 6.45) is 2.44. The molecule has 1 heterocycles. The molecule has 0 unspecified atom stereocenters. The summed E-state index contributed by atoms with van der Waals surface area (Å²) in [6, 6.07) is 1.87. The summed E-state index contributed by atoms with van der Waals surface area (Å²) in [4.78, 5) is 17.0. The number of aryl methyl sites for hydroxylation is 1. The number of anilines is 1. The topological polar surface area (TPSA) is 33.2 Å². The van der Waals surface area contributed by atoms with E-state index in [9.17, 15) is 4.79 Å². The van der Waals surface area contributed by atoms with Crippen molar-refractivity contribution in [2.75, 3.05) is 18.0 Å². The molecule has 0 aliphatic heterocycles. The fourth-order valence-electron chi connectivity index (χ4n) is 1.51. The molecule has 1 aromatic rings. The maximum atomic E-state index is 10.5. The highest BCUT2D eigenvalue weighted by atomic mass is 16.1. The Labute approximate surface area is 84.8 Å². The van der Waals surface area contributed by atoms with Crippen LogP contribution in [-0.2, 0) is 0 Å². The second-order valence-corrected chi connectivity index (χ2v) is 3.20. The van der Waals surface area contributed by atoms with Gasteiger partial charge in [-0.25, -0.2) is 4.98 Å². The highest BCUT2D eigenvalue weighted by molar-refractivity contribution is 5.75. The fraction of sp³-hybridized carbons (Fsp3) is 0.455. The molecule has 0 spiro atoms. The molecule has 3 heteroatoms. The minimum atomic E-state index is 0.637. The number of rotatable bonds is 4. The van der Waals surface area contributed by atoms with Crippen LogP contribution in [0.2, 0.25) is 0 Å². The number of nitrogens with zero attached hydrogens (tertiary/aromatic N) is 2. The lowest BCUT2D eigenvalue weighted by molar-refractivity contribution is 0.112. The molecule has 0 aliphatic rings. The lowest BCUT2D eigenvalue weighted by Gasteiger charge is -2.21. The summed E-state index contributed by atoms with van der Waals surface area (Å²) in [5.41, 5.74) is 1.69. The van der Waals surface area contributed by atoms with Crippen molar-refractivity contribution in [3.05, 3.63) is 23.4 Å². The quantitative estimate of drug-likeness (QED) is 0.684. The number of carbonyl (C=O) groups is 1. The minimum absolute atomic E-state index is 0.637. The van der Waals surface area contributed by atoms with Gasteiger partial charge in [0.2, 0.25) is 0 Å². The Balaban J connectivity index is 3.03. The van der Waals surface area contributed by atoms with Gasteiger partial charge in [0.1, 0.15) is 5.82 Å². The van der Waals surface area contributed by atoms with Crippen LogP contribution >= 0.6 is 0 Å². The highest BCUT2D eigenvalue weighted by Gasteiger charge is 2.06. The van der Waals surface area contributed by atoms with E-state index < -0.39 is 0 Å². The van der Waals surface area contributed by atoms with Gasteiger partial charge in [-0.15, -0.1) is 0 Å². The third-order valence-corrected chi connectivity index (χ3v) is 2.27. The summed E-state index contributed by atoms with van der Waals surface area (Å²) in [6.45, 7) is 8.04. The van der Waals surface area contributed by atoms with E-state index in [-0.39, 0.29) is 0 Å². The van der Waals surface area contributed by atoms with E-state index in [0.717, 1.165) is 30.8 Å². The van der Waals surface area contributed by atoms with Crippen molar-refractivity contribution >= 4 is 12.1 Å². The summed E-state index contributed by atoms with van der Waals surface area (Å²) >= 11 is 0. The number of hydrogen-bond acceptors (Lipinski definition) is 3. The number of pyridine rings is 1. The molecule has 0 fully saturated rings. The maximum absolute atomic E-state index is 10.5. The minimum Gasteiger partial charge on any atom is -0.357 e. The molecular weight excluding hydrogens is 176 g/mol. The molecule has 0 atom stereocenters. The summed E-state index contributed by atoms with van der Waals surface area (Å²) in [5, 5.41) is 0. The normalized spacial score (nSPS) is 9.93. The number of aldehydes is 1. The van der Waals surface area contributed by atoms with Gasteiger partial charge < -0.3 is 4.90 Å². The highest BCUT2D eigenvalue weighted by Crippen LogP contribution is 2.16. The van der Waals surface area contributed by atoms with Crippen molar-refractivity contribution in [1.82, 2.24) is 4.98 Å². The van der Waals surface area contributed by atoms with Crippen molar-refractivity contribution in [1.29, 1.82) is 0 Å². The van der Waals surface area contributed by atoms with Gasteiger partial charge >= 0.3 is 0 Å². The van der Waals surface area contributed by atoms with Crippen molar-refractivity contribution < 1.29 is 4.79 Å². The molecular formula is C11H16N2O. The SMILES string of the molecule is CCN(CC)c1ncc(C=O)cc1C. The molecule has 0 N–H and O–H groups in total. The zero-order valence-electron chi connectivity index (χ0n) is 8.95. The molecule has 0 aliphatic carbocycles. The molecule has 0 radical (unpaired) electrons. The standard InChI is InChI=1S/C11H16N2O/c1-4-13(5-2)11-9(3)6-10(8-14)7-12-11/h6-8H,4-5H2,1-3H3. The van der Waals surface area contributed by atoms with Gasteiger partial charge in [0, 0.05) is 24.8 Å². The molecule has 0 amide bonds. The molecule has 76 valence electrons. The van der Waals surface area contributed by atoms with Crippen LogP contribution in [0.3, 0.4) is 0 Å². The van der Waals surface area contributed by atoms with Gasteiger partial charge in [-0.1, -0.05) is 0 Å². The molecule has 0 bridgehead atoms. The van der Waals surface area contributed by atoms with Crippen LogP contribution < -0.4 is 4.90 Å². The first-order valence-electron chi connectivity index (χ1n) is 4.89. The average Bonchev–Trinajstić information content (AvgIpc) is 2.22. The summed E-state index contributed by atoms with van der Waals surface area (Å²) in [7, 11) is 0. The fourth-order valence-corrected chi connectivity index (χ4v) is 1.51. The summed E-state index contributed by atoms with van der Waals surface area (Å²) < 4.78 is 0. The first kappa shape index (κ1) is 10.7. The van der Waals surface area contributed by atoms with Crippen LogP contribution in [0.5, 0.6) is 0 Å². The van der Waals surface area contributed by atoms with Crippen LogP contribution in [-0.4, -0.2) is 24.4 Å². The van der Waals surface area contributed by atoms with Gasteiger partial charge in [0.15, 0.2) is 6.29 Å². The van der Waals surface area contributed by atoms with Gasteiger partial charge in [0.05, 0.1) is 0 Å². The molecule has 0 saturated carbocycles. The monoisotopic (exact) mass is 192 g/mol. The lowest BCUT2D eigenvalue weighted by atomic mass is 10.2. The first-order chi connectivity index (χ1) is 6.72. The smallest absolute Gasteiger partial charge is 0.151 e. The van der Waals surface area contributed by atoms with Crippen LogP contribution in [0.4, 0.5) is 5.82 Å². The third-order valence-electron chi connectivity index (χ3n) is 2.27. The van der Waals surface area contributed by atoms with E-state index in [1.54, 1.807) is 6.20 Å². The predicted octanol–water partition coefficient (Wildman–Crippen LogP) is 2.05. The second kappa shape index (κ2) is 4.74. The predicted molar refractivity (Wildman–Crippen MR) is 57.9 cm³/mol. The Morgan fingerprint density at radius 2 is 2.07 bits per heavy atom. The maximum Gasteiger partial charge on any atom is 0.151 e. The number of aromatic nitrogens is 1. The molecule has 3 nitrogen and oxygen atoms in total. The van der Waals surface area contributed by atoms with Crippen molar-refractivity contribution in [2.45, 2.75) is 20.8 Å². The van der Waals surface area contributed by atoms with E-state index in [0.29, 0.717) is 5.56 Å². The zero-order chi connectivity index (χ0) is 10.6. The number of hydrogen-bond donors (Lipinski definition) is 0. The number of carbonyl (C=O) groups excluding carboxylic acids is 1. The molecule has 1 aromatic heterocycles. The van der Waals surface area contributed by atoms with Gasteiger partial charge in [0.25, 0.3) is 0 Å². The molecule has 0 saturated heterocycles. The van der Waals surface area contributed by atoms with Gasteiger partial charge in [-0.2, -0.15) is 0 Å². The Bertz CT molecular complexity index is 319. The Morgan fingerprint density at radius 1 is 1.43 bits per heavy atom. The Kier molecular flexibility index (Phi) is 3.63. The van der Waals surface area contributed by atoms with Crippen molar-refractivity contribution in [3.63, 3.8) is 0 Å². The van der Waals surface area contributed by atoms with Crippen LogP contribution in [0.1, 0.15) is 29.8 Å². The molecule has 1 rings (SSSR count). The Hall–Kier alpha value is -1.38. The van der Waals surface area contributed by atoms with Crippen LogP contribution in [0.25, 0.3) is 0 Å². The largest absolute Gasteiger partial charge is 0.357 e. The van der Waals surface area contributed by atoms with E-state index in [1.165, 1.54) is 0 Å². The zero-order valence-corrected chi connectivity index (χ0v) is 8.95. The van der Waals surface area contributed by atoms with Gasteiger partial charge in [-0.05, 0) is 32.4 Å². The molecule has 14 heavy (non-hydrogen) atoms. The van der Waals surface area contributed by atoms with Crippen LogP contribution in [0, 0.1) is 6.92 Å². The van der Waals surface area contributed by atoms with E-state index in [2.05, 4.69) is 23.7 Å². The summed E-state index contributed by atoms with van der Waals surface area (Å²) in [5.74, 6) is 0.973. The second-order valence-electron chi connectivity index (χ2n) is 3.20.